The molecule has 0 spiro atoms. The number of halogens is 1. The zero-order chi connectivity index (χ0) is 14.1. The van der Waals surface area contributed by atoms with Gasteiger partial charge < -0.3 is 15.2 Å². The highest BCUT2D eigenvalue weighted by Gasteiger charge is 2.24. The normalized spacial score (nSPS) is 16.8. The zero-order valence-electron chi connectivity index (χ0n) is 11.2. The quantitative estimate of drug-likeness (QED) is 0.881. The van der Waals surface area contributed by atoms with Crippen molar-refractivity contribution in [1.82, 2.24) is 0 Å². The standard InChI is InChI=1S/C16H16BrNO2/c1-20-10-5-7-13(17)15(9-10)18-14-8-6-12-11(14)3-2-4-16(12)19/h2-5,7,9,14,18-19H,6,8H2,1H3. The molecule has 1 aliphatic carbocycles. The Hall–Kier alpha value is -1.68. The smallest absolute Gasteiger partial charge is 0.121 e. The maximum absolute atomic E-state index is 9.89. The van der Waals surface area contributed by atoms with E-state index in [1.54, 1.807) is 13.2 Å². The SMILES string of the molecule is COc1ccc(Br)c(NC2CCc3c(O)cccc32)c1. The summed E-state index contributed by atoms with van der Waals surface area (Å²) in [6.45, 7) is 0. The van der Waals surface area contributed by atoms with E-state index < -0.39 is 0 Å². The first-order valence-electron chi connectivity index (χ1n) is 6.60. The van der Waals surface area contributed by atoms with Gasteiger partial charge in [-0.05, 0) is 58.1 Å². The van der Waals surface area contributed by atoms with Gasteiger partial charge in [0.2, 0.25) is 0 Å². The molecule has 0 radical (unpaired) electrons. The van der Waals surface area contributed by atoms with E-state index in [0.29, 0.717) is 5.75 Å². The average molecular weight is 334 g/mol. The largest absolute Gasteiger partial charge is 0.508 e. The van der Waals surface area contributed by atoms with Crippen LogP contribution in [0.1, 0.15) is 23.6 Å². The molecule has 0 bridgehead atoms. The number of hydrogen-bond donors (Lipinski definition) is 2. The Balaban J connectivity index is 1.89. The Kier molecular flexibility index (Phi) is 3.57. The van der Waals surface area contributed by atoms with Gasteiger partial charge in [-0.1, -0.05) is 12.1 Å². The van der Waals surface area contributed by atoms with Crippen LogP contribution in [0.25, 0.3) is 0 Å². The van der Waals surface area contributed by atoms with Gasteiger partial charge >= 0.3 is 0 Å². The third kappa shape index (κ3) is 2.36. The number of methoxy groups -OCH3 is 1. The highest BCUT2D eigenvalue weighted by atomic mass is 79.9. The minimum absolute atomic E-state index is 0.223. The first-order chi connectivity index (χ1) is 9.69. The van der Waals surface area contributed by atoms with Gasteiger partial charge in [0.05, 0.1) is 18.8 Å². The van der Waals surface area contributed by atoms with Gasteiger partial charge in [0.25, 0.3) is 0 Å². The molecule has 1 aliphatic rings. The van der Waals surface area contributed by atoms with Crippen molar-refractivity contribution in [2.75, 3.05) is 12.4 Å². The molecule has 4 heteroatoms. The first kappa shape index (κ1) is 13.3. The van der Waals surface area contributed by atoms with Crippen molar-refractivity contribution in [1.29, 1.82) is 0 Å². The molecule has 0 aromatic heterocycles. The molecule has 3 nitrogen and oxygen atoms in total. The van der Waals surface area contributed by atoms with Crippen LogP contribution in [-0.2, 0) is 6.42 Å². The second-order valence-corrected chi connectivity index (χ2v) is 5.78. The Morgan fingerprint density at radius 1 is 1.30 bits per heavy atom. The van der Waals surface area contributed by atoms with Crippen LogP contribution in [0.2, 0.25) is 0 Å². The van der Waals surface area contributed by atoms with E-state index in [0.717, 1.165) is 34.3 Å². The number of aromatic hydroxyl groups is 1. The predicted molar refractivity (Wildman–Crippen MR) is 83.5 cm³/mol. The molecular formula is C16H16BrNO2. The summed E-state index contributed by atoms with van der Waals surface area (Å²) in [5.41, 5.74) is 3.24. The Morgan fingerprint density at radius 3 is 2.95 bits per heavy atom. The van der Waals surface area contributed by atoms with E-state index in [4.69, 9.17) is 4.74 Å². The van der Waals surface area contributed by atoms with Crippen molar-refractivity contribution in [3.8, 4) is 11.5 Å². The van der Waals surface area contributed by atoms with Crippen molar-refractivity contribution < 1.29 is 9.84 Å². The van der Waals surface area contributed by atoms with Crippen LogP contribution in [0.5, 0.6) is 11.5 Å². The Morgan fingerprint density at radius 2 is 2.15 bits per heavy atom. The summed E-state index contributed by atoms with van der Waals surface area (Å²) in [4.78, 5) is 0. The van der Waals surface area contributed by atoms with E-state index >= 15 is 0 Å². The molecule has 104 valence electrons. The molecule has 2 aromatic carbocycles. The molecule has 1 atom stereocenters. The maximum atomic E-state index is 9.89. The molecule has 0 aliphatic heterocycles. The summed E-state index contributed by atoms with van der Waals surface area (Å²) in [5, 5.41) is 13.4. The maximum Gasteiger partial charge on any atom is 0.121 e. The predicted octanol–water partition coefficient (Wildman–Crippen LogP) is 4.26. The van der Waals surface area contributed by atoms with Crippen LogP contribution in [0.3, 0.4) is 0 Å². The lowest BCUT2D eigenvalue weighted by Crippen LogP contribution is -2.07. The Labute approximate surface area is 126 Å². The van der Waals surface area contributed by atoms with Crippen molar-refractivity contribution >= 4 is 21.6 Å². The topological polar surface area (TPSA) is 41.5 Å². The summed E-state index contributed by atoms with van der Waals surface area (Å²) in [5.74, 6) is 1.22. The summed E-state index contributed by atoms with van der Waals surface area (Å²) in [6.07, 6.45) is 1.89. The number of phenols is 1. The third-order valence-electron chi connectivity index (χ3n) is 3.75. The van der Waals surface area contributed by atoms with Gasteiger partial charge in [0, 0.05) is 10.5 Å². The van der Waals surface area contributed by atoms with Gasteiger partial charge in [-0.3, -0.25) is 0 Å². The van der Waals surface area contributed by atoms with Crippen molar-refractivity contribution in [2.24, 2.45) is 0 Å². The molecular weight excluding hydrogens is 318 g/mol. The lowest BCUT2D eigenvalue weighted by molar-refractivity contribution is 0.415. The number of rotatable bonds is 3. The Bertz CT molecular complexity index is 642. The molecule has 0 amide bonds. The van der Waals surface area contributed by atoms with Crippen molar-refractivity contribution in [2.45, 2.75) is 18.9 Å². The molecule has 0 heterocycles. The second kappa shape index (κ2) is 5.37. The van der Waals surface area contributed by atoms with Crippen molar-refractivity contribution in [3.05, 3.63) is 52.0 Å². The van der Waals surface area contributed by atoms with Crippen LogP contribution < -0.4 is 10.1 Å². The molecule has 1 unspecified atom stereocenters. The second-order valence-electron chi connectivity index (χ2n) is 4.93. The number of nitrogens with one attached hydrogen (secondary N) is 1. The molecule has 0 saturated heterocycles. The highest BCUT2D eigenvalue weighted by molar-refractivity contribution is 9.10. The van der Waals surface area contributed by atoms with E-state index in [-0.39, 0.29) is 6.04 Å². The van der Waals surface area contributed by atoms with Crippen LogP contribution in [-0.4, -0.2) is 12.2 Å². The van der Waals surface area contributed by atoms with Gasteiger partial charge in [-0.2, -0.15) is 0 Å². The highest BCUT2D eigenvalue weighted by Crippen LogP contribution is 2.39. The molecule has 2 aromatic rings. The van der Waals surface area contributed by atoms with Gasteiger partial charge in [-0.25, -0.2) is 0 Å². The molecule has 0 fully saturated rings. The fourth-order valence-electron chi connectivity index (χ4n) is 2.71. The zero-order valence-corrected chi connectivity index (χ0v) is 12.8. The fourth-order valence-corrected chi connectivity index (χ4v) is 3.08. The van der Waals surface area contributed by atoms with E-state index in [1.807, 2.05) is 24.3 Å². The van der Waals surface area contributed by atoms with Crippen LogP contribution in [0.4, 0.5) is 5.69 Å². The minimum atomic E-state index is 0.223. The number of hydrogen-bond acceptors (Lipinski definition) is 3. The van der Waals surface area contributed by atoms with Crippen LogP contribution in [0.15, 0.2) is 40.9 Å². The first-order valence-corrected chi connectivity index (χ1v) is 7.39. The van der Waals surface area contributed by atoms with Crippen molar-refractivity contribution in [3.63, 3.8) is 0 Å². The fraction of sp³-hybridized carbons (Fsp3) is 0.250. The van der Waals surface area contributed by atoms with Gasteiger partial charge in [0.1, 0.15) is 11.5 Å². The average Bonchev–Trinajstić information content (AvgIpc) is 2.86. The van der Waals surface area contributed by atoms with E-state index in [9.17, 15) is 5.11 Å². The van der Waals surface area contributed by atoms with Crippen LogP contribution in [0, 0.1) is 0 Å². The summed E-state index contributed by atoms with van der Waals surface area (Å²) in [7, 11) is 1.66. The number of benzene rings is 2. The monoisotopic (exact) mass is 333 g/mol. The molecule has 20 heavy (non-hydrogen) atoms. The summed E-state index contributed by atoms with van der Waals surface area (Å²) >= 11 is 3.55. The number of fused-ring (bicyclic) bond motifs is 1. The summed E-state index contributed by atoms with van der Waals surface area (Å²) in [6, 6.07) is 11.8. The van der Waals surface area contributed by atoms with Gasteiger partial charge in [-0.15, -0.1) is 0 Å². The van der Waals surface area contributed by atoms with Crippen LogP contribution >= 0.6 is 15.9 Å². The number of phenolic OH excluding ortho intramolecular Hbond substituents is 1. The number of anilines is 1. The molecule has 3 rings (SSSR count). The number of ether oxygens (including phenoxy) is 1. The van der Waals surface area contributed by atoms with E-state index in [2.05, 4.69) is 27.3 Å². The van der Waals surface area contributed by atoms with Gasteiger partial charge in [0.15, 0.2) is 0 Å². The minimum Gasteiger partial charge on any atom is -0.508 e. The van der Waals surface area contributed by atoms with E-state index in [1.165, 1.54) is 5.56 Å². The lowest BCUT2D eigenvalue weighted by atomic mass is 10.1. The third-order valence-corrected chi connectivity index (χ3v) is 4.44. The molecule has 2 N–H and O–H groups in total. The molecule has 0 saturated carbocycles. The summed E-state index contributed by atoms with van der Waals surface area (Å²) < 4.78 is 6.27. The lowest BCUT2D eigenvalue weighted by Gasteiger charge is -2.17.